The fourth-order valence-corrected chi connectivity index (χ4v) is 3.72. The molecule has 8 heteroatoms. The zero-order chi connectivity index (χ0) is 13.2. The van der Waals surface area contributed by atoms with Crippen molar-refractivity contribution in [2.24, 2.45) is 0 Å². The minimum atomic E-state index is -3.47. The molecule has 1 aliphatic rings. The molecular formula is C11H15Cl3N2O2S. The van der Waals surface area contributed by atoms with Gasteiger partial charge in [-0.1, -0.05) is 23.2 Å². The predicted octanol–water partition coefficient (Wildman–Crippen LogP) is 2.40. The number of rotatable bonds is 2. The largest absolute Gasteiger partial charge is 0.315 e. The normalized spacial score (nSPS) is 17.6. The Balaban J connectivity index is 0.00000180. The maximum absolute atomic E-state index is 12.4. The van der Waals surface area contributed by atoms with Gasteiger partial charge in [-0.15, -0.1) is 12.4 Å². The van der Waals surface area contributed by atoms with Crippen molar-refractivity contribution in [3.8, 4) is 0 Å². The molecule has 1 fully saturated rings. The van der Waals surface area contributed by atoms with E-state index < -0.39 is 10.0 Å². The Morgan fingerprint density at radius 3 is 2.53 bits per heavy atom. The fourth-order valence-electron chi connectivity index (χ4n) is 1.85. The van der Waals surface area contributed by atoms with Crippen LogP contribution in [0.5, 0.6) is 0 Å². The number of sulfonamides is 1. The van der Waals surface area contributed by atoms with Crippen molar-refractivity contribution in [1.29, 1.82) is 0 Å². The fraction of sp³-hybridized carbons (Fsp3) is 0.455. The first-order valence-corrected chi connectivity index (χ1v) is 7.87. The Hall–Kier alpha value is -0.0400. The van der Waals surface area contributed by atoms with E-state index >= 15 is 0 Å². The maximum Gasteiger partial charge on any atom is 0.243 e. The zero-order valence-corrected chi connectivity index (χ0v) is 13.2. The van der Waals surface area contributed by atoms with Gasteiger partial charge in [-0.2, -0.15) is 4.31 Å². The zero-order valence-electron chi connectivity index (χ0n) is 10.1. The van der Waals surface area contributed by atoms with Crippen LogP contribution in [-0.2, 0) is 10.0 Å². The van der Waals surface area contributed by atoms with E-state index in [1.807, 2.05) is 0 Å². The van der Waals surface area contributed by atoms with Crippen LogP contribution in [0.2, 0.25) is 10.0 Å². The van der Waals surface area contributed by atoms with Gasteiger partial charge in [0.15, 0.2) is 0 Å². The van der Waals surface area contributed by atoms with Gasteiger partial charge in [-0.25, -0.2) is 8.42 Å². The highest BCUT2D eigenvalue weighted by atomic mass is 35.5. The number of nitrogens with zero attached hydrogens (tertiary/aromatic N) is 1. The molecule has 0 bridgehead atoms. The molecule has 1 aliphatic heterocycles. The minimum absolute atomic E-state index is 0. The number of benzene rings is 1. The molecule has 0 atom stereocenters. The molecule has 0 aromatic heterocycles. The van der Waals surface area contributed by atoms with E-state index in [1.165, 1.54) is 22.5 Å². The van der Waals surface area contributed by atoms with Gasteiger partial charge in [-0.3, -0.25) is 0 Å². The standard InChI is InChI=1S/C11H14Cl2N2O2S.ClH/c12-10-3-2-9(8-11(10)13)18(16,17)15-6-1-4-14-5-7-15;/h2-3,8,14H,1,4-7H2;1H. The lowest BCUT2D eigenvalue weighted by molar-refractivity contribution is 0.432. The van der Waals surface area contributed by atoms with Crippen LogP contribution in [0, 0.1) is 0 Å². The molecule has 1 saturated heterocycles. The summed E-state index contributed by atoms with van der Waals surface area (Å²) in [5.74, 6) is 0. The highest BCUT2D eigenvalue weighted by Crippen LogP contribution is 2.26. The molecule has 2 rings (SSSR count). The molecule has 1 heterocycles. The Bertz CT molecular complexity index is 529. The monoisotopic (exact) mass is 344 g/mol. The van der Waals surface area contributed by atoms with Crippen LogP contribution >= 0.6 is 35.6 Å². The maximum atomic E-state index is 12.4. The average Bonchev–Trinajstić information content (AvgIpc) is 2.61. The van der Waals surface area contributed by atoms with Gasteiger partial charge in [0, 0.05) is 19.6 Å². The van der Waals surface area contributed by atoms with Gasteiger partial charge in [0.25, 0.3) is 0 Å². The molecular weight excluding hydrogens is 331 g/mol. The number of hydrogen-bond donors (Lipinski definition) is 1. The smallest absolute Gasteiger partial charge is 0.243 e. The first kappa shape index (κ1) is 17.0. The third kappa shape index (κ3) is 3.97. The average molecular weight is 346 g/mol. The van der Waals surface area contributed by atoms with Crippen LogP contribution in [-0.4, -0.2) is 38.9 Å². The van der Waals surface area contributed by atoms with Gasteiger partial charge < -0.3 is 5.32 Å². The van der Waals surface area contributed by atoms with Crippen molar-refractivity contribution in [2.45, 2.75) is 11.3 Å². The van der Waals surface area contributed by atoms with Crippen molar-refractivity contribution in [3.63, 3.8) is 0 Å². The summed E-state index contributed by atoms with van der Waals surface area (Å²) >= 11 is 11.7. The summed E-state index contributed by atoms with van der Waals surface area (Å²) in [4.78, 5) is 0.193. The number of halogens is 3. The van der Waals surface area contributed by atoms with Crippen LogP contribution in [0.25, 0.3) is 0 Å². The molecule has 0 radical (unpaired) electrons. The van der Waals surface area contributed by atoms with Crippen LogP contribution < -0.4 is 5.32 Å². The van der Waals surface area contributed by atoms with E-state index in [4.69, 9.17) is 23.2 Å². The Labute approximate surface area is 129 Å². The van der Waals surface area contributed by atoms with E-state index in [0.29, 0.717) is 24.7 Å². The second-order valence-corrected chi connectivity index (χ2v) is 6.84. The molecule has 1 aromatic rings. The molecule has 1 aromatic carbocycles. The first-order valence-electron chi connectivity index (χ1n) is 5.68. The van der Waals surface area contributed by atoms with Gasteiger partial charge in [0.05, 0.1) is 14.9 Å². The summed E-state index contributed by atoms with van der Waals surface area (Å²) in [6.07, 6.45) is 0.806. The van der Waals surface area contributed by atoms with E-state index in [0.717, 1.165) is 13.0 Å². The molecule has 0 saturated carbocycles. The minimum Gasteiger partial charge on any atom is -0.315 e. The third-order valence-corrected chi connectivity index (χ3v) is 5.46. The second-order valence-electron chi connectivity index (χ2n) is 4.08. The Kier molecular flexibility index (Phi) is 6.36. The highest BCUT2D eigenvalue weighted by molar-refractivity contribution is 7.89. The SMILES string of the molecule is Cl.O=S(=O)(c1ccc(Cl)c(Cl)c1)N1CCCNCC1. The highest BCUT2D eigenvalue weighted by Gasteiger charge is 2.25. The van der Waals surface area contributed by atoms with Crippen molar-refractivity contribution >= 4 is 45.6 Å². The van der Waals surface area contributed by atoms with Crippen LogP contribution in [0.1, 0.15) is 6.42 Å². The summed E-state index contributed by atoms with van der Waals surface area (Å²) < 4.78 is 26.3. The van der Waals surface area contributed by atoms with Gasteiger partial charge in [0.2, 0.25) is 10.0 Å². The van der Waals surface area contributed by atoms with Crippen molar-refractivity contribution < 1.29 is 8.42 Å². The summed E-state index contributed by atoms with van der Waals surface area (Å²) in [6, 6.07) is 4.40. The molecule has 108 valence electrons. The van der Waals surface area contributed by atoms with E-state index in [9.17, 15) is 8.42 Å². The molecule has 4 nitrogen and oxygen atoms in total. The topological polar surface area (TPSA) is 49.4 Å². The lowest BCUT2D eigenvalue weighted by atomic mass is 10.4. The molecule has 0 aliphatic carbocycles. The molecule has 0 unspecified atom stereocenters. The molecule has 0 spiro atoms. The van der Waals surface area contributed by atoms with E-state index in [1.54, 1.807) is 0 Å². The van der Waals surface area contributed by atoms with Crippen LogP contribution in [0.3, 0.4) is 0 Å². The van der Waals surface area contributed by atoms with Crippen molar-refractivity contribution in [1.82, 2.24) is 9.62 Å². The number of nitrogens with one attached hydrogen (secondary N) is 1. The lowest BCUT2D eigenvalue weighted by Gasteiger charge is -2.19. The molecule has 0 amide bonds. The van der Waals surface area contributed by atoms with E-state index in [2.05, 4.69) is 5.32 Å². The van der Waals surface area contributed by atoms with Gasteiger partial charge in [0.1, 0.15) is 0 Å². The van der Waals surface area contributed by atoms with Crippen LogP contribution in [0.15, 0.2) is 23.1 Å². The lowest BCUT2D eigenvalue weighted by Crippen LogP contribution is -2.34. The second kappa shape index (κ2) is 7.11. The van der Waals surface area contributed by atoms with Crippen LogP contribution in [0.4, 0.5) is 0 Å². The first-order chi connectivity index (χ1) is 8.51. The third-order valence-electron chi connectivity index (χ3n) is 2.83. The summed E-state index contributed by atoms with van der Waals surface area (Å²) in [6.45, 7) is 2.51. The van der Waals surface area contributed by atoms with Gasteiger partial charge >= 0.3 is 0 Å². The molecule has 19 heavy (non-hydrogen) atoms. The van der Waals surface area contributed by atoms with Crippen molar-refractivity contribution in [2.75, 3.05) is 26.2 Å². The number of hydrogen-bond acceptors (Lipinski definition) is 3. The summed E-state index contributed by atoms with van der Waals surface area (Å²) in [7, 11) is -3.47. The van der Waals surface area contributed by atoms with E-state index in [-0.39, 0.29) is 22.3 Å². The predicted molar refractivity (Wildman–Crippen MR) is 80.0 cm³/mol. The van der Waals surface area contributed by atoms with Crippen molar-refractivity contribution in [3.05, 3.63) is 28.2 Å². The molecule has 1 N–H and O–H groups in total. The Morgan fingerprint density at radius 2 is 1.84 bits per heavy atom. The van der Waals surface area contributed by atoms with Gasteiger partial charge in [-0.05, 0) is 31.2 Å². The Morgan fingerprint density at radius 1 is 1.11 bits per heavy atom. The summed E-state index contributed by atoms with van der Waals surface area (Å²) in [5, 5.41) is 3.78. The summed E-state index contributed by atoms with van der Waals surface area (Å²) in [5.41, 5.74) is 0. The quantitative estimate of drug-likeness (QED) is 0.895.